The van der Waals surface area contributed by atoms with Crippen LogP contribution in [0.3, 0.4) is 0 Å². The number of halogens is 1. The zero-order valence-corrected chi connectivity index (χ0v) is 16.5. The Balaban J connectivity index is 1.35. The fourth-order valence-electron chi connectivity index (χ4n) is 3.06. The lowest BCUT2D eigenvalue weighted by Crippen LogP contribution is -2.26. The van der Waals surface area contributed by atoms with Crippen LogP contribution in [0.5, 0.6) is 5.75 Å². The van der Waals surface area contributed by atoms with Gasteiger partial charge < -0.3 is 10.1 Å². The Morgan fingerprint density at radius 2 is 1.87 bits per heavy atom. The molecule has 1 amide bonds. The van der Waals surface area contributed by atoms with Crippen LogP contribution in [0.25, 0.3) is 10.9 Å². The predicted octanol–water partition coefficient (Wildman–Crippen LogP) is 3.54. The average Bonchev–Trinajstić information content (AvgIpc) is 2.78. The number of carbonyl (C=O) groups is 1. The van der Waals surface area contributed by atoms with Gasteiger partial charge in [0, 0.05) is 18.2 Å². The van der Waals surface area contributed by atoms with Crippen molar-refractivity contribution in [3.05, 3.63) is 94.5 Å². The lowest BCUT2D eigenvalue weighted by Gasteiger charge is -2.10. The quantitative estimate of drug-likeness (QED) is 0.496. The zero-order chi connectivity index (χ0) is 21.6. The summed E-state index contributed by atoms with van der Waals surface area (Å²) in [6.45, 7) is 0.347. The van der Waals surface area contributed by atoms with E-state index in [0.717, 1.165) is 5.56 Å². The van der Waals surface area contributed by atoms with Crippen LogP contribution in [0, 0.1) is 5.82 Å². The summed E-state index contributed by atoms with van der Waals surface area (Å²) in [5.41, 5.74) is 1.65. The zero-order valence-electron chi connectivity index (χ0n) is 16.5. The number of nitrogens with zero attached hydrogens (tertiary/aromatic N) is 3. The molecule has 4 aromatic rings. The van der Waals surface area contributed by atoms with E-state index in [1.54, 1.807) is 54.6 Å². The van der Waals surface area contributed by atoms with Gasteiger partial charge in [-0.25, -0.2) is 9.07 Å². The normalized spacial score (nSPS) is 10.7. The molecule has 1 N–H and O–H groups in total. The first-order valence-electron chi connectivity index (χ1n) is 9.68. The average molecular weight is 418 g/mol. The van der Waals surface area contributed by atoms with Crippen LogP contribution in [0.15, 0.2) is 77.6 Å². The third-order valence-corrected chi connectivity index (χ3v) is 4.59. The number of hydrogen-bond donors (Lipinski definition) is 1. The summed E-state index contributed by atoms with van der Waals surface area (Å²) in [6, 6.07) is 20.0. The minimum Gasteiger partial charge on any atom is -0.489 e. The molecule has 0 saturated carbocycles. The number of carbonyl (C=O) groups excluding carboxylic acids is 1. The van der Waals surface area contributed by atoms with Gasteiger partial charge in [0.25, 0.3) is 5.56 Å². The fraction of sp³-hybridized carbons (Fsp3) is 0.130. The van der Waals surface area contributed by atoms with E-state index in [9.17, 15) is 14.0 Å². The highest BCUT2D eigenvalue weighted by Gasteiger charge is 2.08. The second-order valence-corrected chi connectivity index (χ2v) is 6.88. The lowest BCUT2D eigenvalue weighted by molar-refractivity contribution is -0.116. The van der Waals surface area contributed by atoms with Crippen LogP contribution in [-0.4, -0.2) is 20.9 Å². The molecule has 0 fully saturated rings. The molecule has 4 rings (SSSR count). The van der Waals surface area contributed by atoms with Crippen molar-refractivity contribution in [1.29, 1.82) is 0 Å². The van der Waals surface area contributed by atoms with Gasteiger partial charge in [0.15, 0.2) is 0 Å². The minimum absolute atomic E-state index is 0.0664. The van der Waals surface area contributed by atoms with Crippen molar-refractivity contribution in [2.75, 3.05) is 5.32 Å². The number of hydrogen-bond acceptors (Lipinski definition) is 5. The monoisotopic (exact) mass is 418 g/mol. The SMILES string of the molecule is O=C(CCn1nnc2ccccc2c1=O)Nc1cccc(COc2cccc(F)c2)c1. The molecule has 0 aliphatic carbocycles. The number of fused-ring (bicyclic) bond motifs is 1. The van der Waals surface area contributed by atoms with E-state index in [-0.39, 0.29) is 36.9 Å². The van der Waals surface area contributed by atoms with E-state index < -0.39 is 0 Å². The number of amides is 1. The summed E-state index contributed by atoms with van der Waals surface area (Å²) in [5.74, 6) is -0.199. The van der Waals surface area contributed by atoms with E-state index in [2.05, 4.69) is 15.6 Å². The van der Waals surface area contributed by atoms with Gasteiger partial charge in [-0.15, -0.1) is 5.10 Å². The molecule has 156 valence electrons. The van der Waals surface area contributed by atoms with Crippen molar-refractivity contribution in [2.45, 2.75) is 19.6 Å². The molecule has 1 aromatic heterocycles. The molecule has 0 atom stereocenters. The maximum atomic E-state index is 13.2. The van der Waals surface area contributed by atoms with Gasteiger partial charge >= 0.3 is 0 Å². The number of nitrogens with one attached hydrogen (secondary N) is 1. The number of aryl methyl sites for hydroxylation is 1. The van der Waals surface area contributed by atoms with Gasteiger partial charge in [0.2, 0.25) is 5.91 Å². The smallest absolute Gasteiger partial charge is 0.277 e. The maximum Gasteiger partial charge on any atom is 0.277 e. The first-order valence-corrected chi connectivity index (χ1v) is 9.68. The number of anilines is 1. The highest BCUT2D eigenvalue weighted by molar-refractivity contribution is 5.90. The Labute approximate surface area is 177 Å². The molecule has 0 aliphatic rings. The van der Waals surface area contributed by atoms with E-state index in [1.807, 2.05) is 6.07 Å². The van der Waals surface area contributed by atoms with Crippen LogP contribution in [-0.2, 0) is 17.9 Å². The number of ether oxygens (including phenoxy) is 1. The summed E-state index contributed by atoms with van der Waals surface area (Å²) < 4.78 is 20.0. The molecule has 0 unspecified atom stereocenters. The predicted molar refractivity (Wildman–Crippen MR) is 114 cm³/mol. The van der Waals surface area contributed by atoms with Gasteiger partial charge in [-0.1, -0.05) is 35.5 Å². The second kappa shape index (κ2) is 9.17. The van der Waals surface area contributed by atoms with E-state index in [1.165, 1.54) is 16.8 Å². The van der Waals surface area contributed by atoms with Gasteiger partial charge in [0.1, 0.15) is 23.7 Å². The summed E-state index contributed by atoms with van der Waals surface area (Å²) in [6.07, 6.45) is 0.0664. The molecule has 0 bridgehead atoms. The Morgan fingerprint density at radius 1 is 1.03 bits per heavy atom. The highest BCUT2D eigenvalue weighted by atomic mass is 19.1. The fourth-order valence-corrected chi connectivity index (χ4v) is 3.06. The minimum atomic E-state index is -0.367. The van der Waals surface area contributed by atoms with Crippen molar-refractivity contribution < 1.29 is 13.9 Å². The first-order chi connectivity index (χ1) is 15.1. The van der Waals surface area contributed by atoms with Gasteiger partial charge in [-0.3, -0.25) is 9.59 Å². The number of aromatic nitrogens is 3. The van der Waals surface area contributed by atoms with Crippen LogP contribution in [0.4, 0.5) is 10.1 Å². The van der Waals surface area contributed by atoms with Crippen molar-refractivity contribution >= 4 is 22.5 Å². The van der Waals surface area contributed by atoms with Crippen LogP contribution >= 0.6 is 0 Å². The van der Waals surface area contributed by atoms with E-state index in [4.69, 9.17) is 4.74 Å². The summed E-state index contributed by atoms with van der Waals surface area (Å²) >= 11 is 0. The molecular weight excluding hydrogens is 399 g/mol. The Hall–Kier alpha value is -4.07. The summed E-state index contributed by atoms with van der Waals surface area (Å²) in [7, 11) is 0. The maximum absolute atomic E-state index is 13.2. The van der Waals surface area contributed by atoms with Crippen molar-refractivity contribution in [3.8, 4) is 5.75 Å². The second-order valence-electron chi connectivity index (χ2n) is 6.88. The summed E-state index contributed by atoms with van der Waals surface area (Å²) in [4.78, 5) is 24.8. The van der Waals surface area contributed by atoms with E-state index >= 15 is 0 Å². The number of benzene rings is 3. The molecule has 7 nitrogen and oxygen atoms in total. The molecule has 1 heterocycles. The largest absolute Gasteiger partial charge is 0.489 e. The molecule has 0 saturated heterocycles. The van der Waals surface area contributed by atoms with Crippen LogP contribution < -0.4 is 15.6 Å². The molecule has 8 heteroatoms. The molecule has 31 heavy (non-hydrogen) atoms. The third-order valence-electron chi connectivity index (χ3n) is 4.59. The summed E-state index contributed by atoms with van der Waals surface area (Å²) in [5, 5.41) is 11.2. The molecular formula is C23H19FN4O3. The topological polar surface area (TPSA) is 86.1 Å². The molecule has 0 radical (unpaired) electrons. The first kappa shape index (κ1) is 20.2. The number of rotatable bonds is 7. The van der Waals surface area contributed by atoms with Gasteiger partial charge in [0.05, 0.1) is 11.9 Å². The van der Waals surface area contributed by atoms with Crippen molar-refractivity contribution in [1.82, 2.24) is 15.0 Å². The Kier molecular flexibility index (Phi) is 5.98. The molecule has 0 aliphatic heterocycles. The van der Waals surface area contributed by atoms with Crippen molar-refractivity contribution in [3.63, 3.8) is 0 Å². The van der Waals surface area contributed by atoms with Crippen LogP contribution in [0.1, 0.15) is 12.0 Å². The molecule has 0 spiro atoms. The van der Waals surface area contributed by atoms with Crippen molar-refractivity contribution in [2.24, 2.45) is 0 Å². The highest BCUT2D eigenvalue weighted by Crippen LogP contribution is 2.16. The molecule has 3 aromatic carbocycles. The Bertz CT molecular complexity index is 1290. The van der Waals surface area contributed by atoms with Crippen LogP contribution in [0.2, 0.25) is 0 Å². The third kappa shape index (κ3) is 5.11. The van der Waals surface area contributed by atoms with Gasteiger partial charge in [-0.2, -0.15) is 0 Å². The standard InChI is InChI=1S/C23H19FN4O3/c24-17-6-4-8-19(14-17)31-15-16-5-3-7-18(13-16)25-22(29)11-12-28-23(30)20-9-1-2-10-21(20)26-27-28/h1-10,13-14H,11-12,15H2,(H,25,29). The van der Waals surface area contributed by atoms with E-state index in [0.29, 0.717) is 22.3 Å². The lowest BCUT2D eigenvalue weighted by atomic mass is 10.2. The Morgan fingerprint density at radius 3 is 2.74 bits per heavy atom. The van der Waals surface area contributed by atoms with Gasteiger partial charge in [-0.05, 0) is 42.0 Å².